The Morgan fingerprint density at radius 2 is 2.06 bits per heavy atom. The maximum atomic E-state index is 10.9. The first-order valence-corrected chi connectivity index (χ1v) is 5.84. The van der Waals surface area contributed by atoms with Gasteiger partial charge in [0.1, 0.15) is 0 Å². The van der Waals surface area contributed by atoms with E-state index in [4.69, 9.17) is 5.11 Å². The second-order valence-corrected chi connectivity index (χ2v) is 4.52. The molecule has 1 saturated heterocycles. The van der Waals surface area contributed by atoms with E-state index in [-0.39, 0.29) is 0 Å². The average Bonchev–Trinajstić information content (AvgIpc) is 2.30. The molecule has 0 radical (unpaired) electrons. The minimum atomic E-state index is -0.892. The topological polar surface area (TPSA) is 60.8 Å². The van der Waals surface area contributed by atoms with E-state index in [9.17, 15) is 9.90 Å². The van der Waals surface area contributed by atoms with Crippen LogP contribution < -0.4 is 0 Å². The number of likely N-dealkylation sites (tertiary alicyclic amines) is 1. The monoisotopic (exact) mass is 235 g/mol. The summed E-state index contributed by atoms with van der Waals surface area (Å²) >= 11 is 0. The van der Waals surface area contributed by atoms with E-state index >= 15 is 0 Å². The van der Waals surface area contributed by atoms with Crippen molar-refractivity contribution < 1.29 is 15.0 Å². The molecule has 0 unspecified atom stereocenters. The third-order valence-electron chi connectivity index (χ3n) is 3.23. The zero-order valence-electron chi connectivity index (χ0n) is 9.62. The fourth-order valence-corrected chi connectivity index (χ4v) is 2.27. The van der Waals surface area contributed by atoms with Gasteiger partial charge in [-0.2, -0.15) is 0 Å². The van der Waals surface area contributed by atoms with E-state index in [2.05, 4.69) is 4.90 Å². The molecular weight excluding hydrogens is 218 g/mol. The fourth-order valence-electron chi connectivity index (χ4n) is 2.27. The highest BCUT2D eigenvalue weighted by Crippen LogP contribution is 2.19. The van der Waals surface area contributed by atoms with E-state index in [1.165, 1.54) is 5.56 Å². The second kappa shape index (κ2) is 5.29. The molecule has 1 aromatic rings. The Morgan fingerprint density at radius 3 is 2.65 bits per heavy atom. The van der Waals surface area contributed by atoms with Crippen molar-refractivity contribution >= 4 is 5.97 Å². The van der Waals surface area contributed by atoms with Gasteiger partial charge in [0, 0.05) is 13.1 Å². The van der Waals surface area contributed by atoms with Crippen molar-refractivity contribution in [3.8, 4) is 0 Å². The van der Waals surface area contributed by atoms with Gasteiger partial charge in [-0.15, -0.1) is 0 Å². The number of carboxylic acid groups (broad SMARTS) is 1. The lowest BCUT2D eigenvalue weighted by Gasteiger charge is -2.33. The van der Waals surface area contributed by atoms with E-state index in [1.807, 2.05) is 30.3 Å². The van der Waals surface area contributed by atoms with Crippen LogP contribution in [0.4, 0.5) is 0 Å². The van der Waals surface area contributed by atoms with Gasteiger partial charge in [0.15, 0.2) is 0 Å². The molecule has 1 fully saturated rings. The Labute approximate surface area is 100 Å². The van der Waals surface area contributed by atoms with Crippen molar-refractivity contribution in [2.45, 2.75) is 19.1 Å². The maximum absolute atomic E-state index is 10.9. The molecule has 1 heterocycles. The first kappa shape index (κ1) is 12.1. The zero-order valence-corrected chi connectivity index (χ0v) is 9.62. The largest absolute Gasteiger partial charge is 0.481 e. The number of β-amino-alcohol motifs (C(OH)–C–C–N with tert-alkyl or cyclic N) is 1. The standard InChI is InChI=1S/C13H17NO3/c15-12-9-14(7-6-11(12)13(16)17)8-10-4-2-1-3-5-10/h1-5,11-12,15H,6-9H2,(H,16,17)/t11-,12+/m0/s1. The summed E-state index contributed by atoms with van der Waals surface area (Å²) in [6, 6.07) is 10.0. The number of aliphatic hydroxyl groups excluding tert-OH is 1. The quantitative estimate of drug-likeness (QED) is 0.819. The SMILES string of the molecule is O=C(O)[C@H]1CCN(Cc2ccccc2)C[C@H]1O. The third kappa shape index (κ3) is 3.05. The summed E-state index contributed by atoms with van der Waals surface area (Å²) in [6.07, 6.45) is -0.242. The number of aliphatic hydroxyl groups is 1. The van der Waals surface area contributed by atoms with E-state index < -0.39 is 18.0 Å². The number of nitrogens with zero attached hydrogens (tertiary/aromatic N) is 1. The lowest BCUT2D eigenvalue weighted by Crippen LogP contribution is -2.46. The van der Waals surface area contributed by atoms with Gasteiger partial charge in [-0.25, -0.2) is 0 Å². The molecule has 2 N–H and O–H groups in total. The van der Waals surface area contributed by atoms with Gasteiger partial charge in [0.25, 0.3) is 0 Å². The molecule has 92 valence electrons. The Kier molecular flexibility index (Phi) is 3.76. The van der Waals surface area contributed by atoms with E-state index in [1.54, 1.807) is 0 Å². The number of hydrogen-bond acceptors (Lipinski definition) is 3. The van der Waals surface area contributed by atoms with Crippen LogP contribution in [-0.2, 0) is 11.3 Å². The van der Waals surface area contributed by atoms with Crippen LogP contribution in [0.3, 0.4) is 0 Å². The molecule has 1 aliphatic rings. The molecule has 0 saturated carbocycles. The Balaban J connectivity index is 1.92. The predicted molar refractivity (Wildman–Crippen MR) is 63.5 cm³/mol. The highest BCUT2D eigenvalue weighted by atomic mass is 16.4. The first-order valence-electron chi connectivity index (χ1n) is 5.84. The van der Waals surface area contributed by atoms with Gasteiger partial charge in [0.05, 0.1) is 12.0 Å². The molecular formula is C13H17NO3. The Hall–Kier alpha value is -1.39. The molecule has 0 spiro atoms. The Bertz CT molecular complexity index is 380. The van der Waals surface area contributed by atoms with Crippen LogP contribution in [0.1, 0.15) is 12.0 Å². The summed E-state index contributed by atoms with van der Waals surface area (Å²) < 4.78 is 0. The molecule has 4 heteroatoms. The molecule has 4 nitrogen and oxygen atoms in total. The van der Waals surface area contributed by atoms with Gasteiger partial charge < -0.3 is 10.2 Å². The lowest BCUT2D eigenvalue weighted by molar-refractivity contribution is -0.148. The van der Waals surface area contributed by atoms with Crippen molar-refractivity contribution in [3.05, 3.63) is 35.9 Å². The van der Waals surface area contributed by atoms with Crippen LogP contribution >= 0.6 is 0 Å². The summed E-state index contributed by atoms with van der Waals surface area (Å²) in [6.45, 7) is 1.93. The summed E-state index contributed by atoms with van der Waals surface area (Å²) in [4.78, 5) is 12.9. The van der Waals surface area contributed by atoms with Crippen molar-refractivity contribution in [3.63, 3.8) is 0 Å². The predicted octanol–water partition coefficient (Wildman–Crippen LogP) is 0.954. The minimum absolute atomic E-state index is 0.436. The molecule has 0 aromatic heterocycles. The number of piperidine rings is 1. The number of rotatable bonds is 3. The number of aliphatic carboxylic acids is 1. The van der Waals surface area contributed by atoms with E-state index in [0.29, 0.717) is 13.0 Å². The van der Waals surface area contributed by atoms with Crippen molar-refractivity contribution in [2.75, 3.05) is 13.1 Å². The first-order chi connectivity index (χ1) is 8.16. The molecule has 0 aliphatic carbocycles. The van der Waals surface area contributed by atoms with Crippen molar-refractivity contribution in [2.24, 2.45) is 5.92 Å². The third-order valence-corrected chi connectivity index (χ3v) is 3.23. The smallest absolute Gasteiger partial charge is 0.309 e. The second-order valence-electron chi connectivity index (χ2n) is 4.52. The molecule has 2 atom stereocenters. The van der Waals surface area contributed by atoms with Gasteiger partial charge in [0.2, 0.25) is 0 Å². The molecule has 1 aromatic carbocycles. The van der Waals surface area contributed by atoms with Gasteiger partial charge in [-0.3, -0.25) is 9.69 Å². The highest BCUT2D eigenvalue weighted by molar-refractivity contribution is 5.70. The maximum Gasteiger partial charge on any atom is 0.309 e. The van der Waals surface area contributed by atoms with Crippen molar-refractivity contribution in [1.82, 2.24) is 4.90 Å². The number of carboxylic acids is 1. The van der Waals surface area contributed by atoms with Crippen LogP contribution in [0, 0.1) is 5.92 Å². The highest BCUT2D eigenvalue weighted by Gasteiger charge is 2.32. The van der Waals surface area contributed by atoms with Crippen LogP contribution in [-0.4, -0.2) is 40.3 Å². The number of hydrogen-bond donors (Lipinski definition) is 2. The van der Waals surface area contributed by atoms with Gasteiger partial charge in [-0.1, -0.05) is 30.3 Å². The molecule has 0 amide bonds. The summed E-state index contributed by atoms with van der Waals surface area (Å²) in [5, 5.41) is 18.7. The van der Waals surface area contributed by atoms with Crippen LogP contribution in [0.25, 0.3) is 0 Å². The zero-order chi connectivity index (χ0) is 12.3. The minimum Gasteiger partial charge on any atom is -0.481 e. The van der Waals surface area contributed by atoms with Crippen LogP contribution in [0.5, 0.6) is 0 Å². The van der Waals surface area contributed by atoms with E-state index in [0.717, 1.165) is 13.1 Å². The summed E-state index contributed by atoms with van der Waals surface area (Å²) in [7, 11) is 0. The summed E-state index contributed by atoms with van der Waals surface area (Å²) in [5.74, 6) is -1.50. The normalized spacial score (nSPS) is 25.7. The number of benzene rings is 1. The fraction of sp³-hybridized carbons (Fsp3) is 0.462. The van der Waals surface area contributed by atoms with Gasteiger partial charge >= 0.3 is 5.97 Å². The molecule has 1 aliphatic heterocycles. The van der Waals surface area contributed by atoms with Crippen molar-refractivity contribution in [1.29, 1.82) is 0 Å². The average molecular weight is 235 g/mol. The lowest BCUT2D eigenvalue weighted by atomic mass is 9.94. The Morgan fingerprint density at radius 1 is 1.35 bits per heavy atom. The summed E-state index contributed by atoms with van der Waals surface area (Å²) in [5.41, 5.74) is 1.19. The van der Waals surface area contributed by atoms with Crippen LogP contribution in [0.15, 0.2) is 30.3 Å². The molecule has 17 heavy (non-hydrogen) atoms. The van der Waals surface area contributed by atoms with Crippen LogP contribution in [0.2, 0.25) is 0 Å². The molecule has 2 rings (SSSR count). The number of carbonyl (C=O) groups is 1. The molecule has 0 bridgehead atoms. The van der Waals surface area contributed by atoms with Gasteiger partial charge in [-0.05, 0) is 18.5 Å².